The highest BCUT2D eigenvalue weighted by Gasteiger charge is 2.17. The molecule has 0 fully saturated rings. The SMILES string of the molecule is OCc1cccc2c1C(O)CCCCC2. The van der Waals surface area contributed by atoms with Gasteiger partial charge in [0.15, 0.2) is 0 Å². The Bertz CT molecular complexity index is 333. The molecule has 15 heavy (non-hydrogen) atoms. The first-order valence-electron chi connectivity index (χ1n) is 5.72. The summed E-state index contributed by atoms with van der Waals surface area (Å²) in [5.41, 5.74) is 3.09. The standard InChI is InChI=1S/C13H18O2/c14-9-11-7-4-6-10-5-2-1-3-8-12(15)13(10)11/h4,6-7,12,14-15H,1-3,5,8-9H2. The summed E-state index contributed by atoms with van der Waals surface area (Å²) in [6.07, 6.45) is 4.93. The van der Waals surface area contributed by atoms with E-state index in [-0.39, 0.29) is 12.7 Å². The highest BCUT2D eigenvalue weighted by Crippen LogP contribution is 2.30. The van der Waals surface area contributed by atoms with Crippen LogP contribution in [0.1, 0.15) is 48.5 Å². The van der Waals surface area contributed by atoms with E-state index in [4.69, 9.17) is 0 Å². The van der Waals surface area contributed by atoms with Gasteiger partial charge in [-0.15, -0.1) is 0 Å². The minimum atomic E-state index is -0.386. The van der Waals surface area contributed by atoms with E-state index < -0.39 is 0 Å². The van der Waals surface area contributed by atoms with Crippen molar-refractivity contribution in [2.24, 2.45) is 0 Å². The summed E-state index contributed by atoms with van der Waals surface area (Å²) in [5, 5.41) is 19.3. The number of benzene rings is 1. The molecule has 2 rings (SSSR count). The third-order valence-electron chi connectivity index (χ3n) is 3.21. The number of rotatable bonds is 1. The van der Waals surface area contributed by atoms with E-state index in [9.17, 15) is 10.2 Å². The summed E-state index contributed by atoms with van der Waals surface area (Å²) in [5.74, 6) is 0. The summed E-state index contributed by atoms with van der Waals surface area (Å²) in [7, 11) is 0. The molecular weight excluding hydrogens is 188 g/mol. The minimum absolute atomic E-state index is 0.0280. The summed E-state index contributed by atoms with van der Waals surface area (Å²) >= 11 is 0. The van der Waals surface area contributed by atoms with E-state index >= 15 is 0 Å². The second kappa shape index (κ2) is 4.77. The zero-order valence-electron chi connectivity index (χ0n) is 8.95. The zero-order chi connectivity index (χ0) is 10.7. The maximum Gasteiger partial charge on any atom is 0.0796 e. The maximum absolute atomic E-state index is 10.1. The lowest BCUT2D eigenvalue weighted by Crippen LogP contribution is -2.09. The quantitative estimate of drug-likeness (QED) is 0.740. The molecule has 1 unspecified atom stereocenters. The van der Waals surface area contributed by atoms with Gasteiger partial charge in [0.1, 0.15) is 0 Å². The highest BCUT2D eigenvalue weighted by molar-refractivity contribution is 5.37. The molecule has 0 spiro atoms. The van der Waals surface area contributed by atoms with Crippen LogP contribution in [0.4, 0.5) is 0 Å². The van der Waals surface area contributed by atoms with E-state index in [0.717, 1.165) is 30.4 Å². The van der Waals surface area contributed by atoms with Crippen LogP contribution in [-0.2, 0) is 13.0 Å². The zero-order valence-corrected chi connectivity index (χ0v) is 8.95. The monoisotopic (exact) mass is 206 g/mol. The van der Waals surface area contributed by atoms with Crippen molar-refractivity contribution in [3.8, 4) is 0 Å². The average molecular weight is 206 g/mol. The molecule has 1 aliphatic carbocycles. The van der Waals surface area contributed by atoms with E-state index in [0.29, 0.717) is 0 Å². The van der Waals surface area contributed by atoms with Gasteiger partial charge in [-0.05, 0) is 36.0 Å². The molecule has 0 aromatic heterocycles. The largest absolute Gasteiger partial charge is 0.392 e. The lowest BCUT2D eigenvalue weighted by molar-refractivity contribution is 0.156. The molecule has 1 aromatic carbocycles. The Kier molecular flexibility index (Phi) is 3.39. The second-order valence-corrected chi connectivity index (χ2v) is 4.26. The minimum Gasteiger partial charge on any atom is -0.392 e. The van der Waals surface area contributed by atoms with E-state index in [1.54, 1.807) is 0 Å². The van der Waals surface area contributed by atoms with Crippen molar-refractivity contribution in [3.05, 3.63) is 34.9 Å². The average Bonchev–Trinajstić information content (AvgIpc) is 2.25. The van der Waals surface area contributed by atoms with Crippen molar-refractivity contribution in [3.63, 3.8) is 0 Å². The molecular formula is C13H18O2. The van der Waals surface area contributed by atoms with Crippen LogP contribution in [0.25, 0.3) is 0 Å². The van der Waals surface area contributed by atoms with Crippen LogP contribution >= 0.6 is 0 Å². The molecule has 0 radical (unpaired) electrons. The fourth-order valence-corrected chi connectivity index (χ4v) is 2.42. The molecule has 0 saturated carbocycles. The lowest BCUT2D eigenvalue weighted by atomic mass is 9.88. The van der Waals surface area contributed by atoms with Gasteiger partial charge in [-0.3, -0.25) is 0 Å². The van der Waals surface area contributed by atoms with Crippen molar-refractivity contribution in [1.82, 2.24) is 0 Å². The van der Waals surface area contributed by atoms with Crippen molar-refractivity contribution in [1.29, 1.82) is 0 Å². The number of hydrogen-bond donors (Lipinski definition) is 2. The van der Waals surface area contributed by atoms with Gasteiger partial charge in [0.25, 0.3) is 0 Å². The van der Waals surface area contributed by atoms with Crippen LogP contribution in [0.15, 0.2) is 18.2 Å². The van der Waals surface area contributed by atoms with Crippen molar-refractivity contribution in [2.45, 2.75) is 44.8 Å². The Hall–Kier alpha value is -0.860. The van der Waals surface area contributed by atoms with Gasteiger partial charge in [-0.1, -0.05) is 31.0 Å². The first-order valence-corrected chi connectivity index (χ1v) is 5.72. The summed E-state index contributed by atoms with van der Waals surface area (Å²) in [6, 6.07) is 5.95. The Morgan fingerprint density at radius 2 is 2.07 bits per heavy atom. The smallest absolute Gasteiger partial charge is 0.0796 e. The Morgan fingerprint density at radius 1 is 1.20 bits per heavy atom. The fourth-order valence-electron chi connectivity index (χ4n) is 2.42. The second-order valence-electron chi connectivity index (χ2n) is 4.26. The third kappa shape index (κ3) is 2.21. The molecule has 1 aromatic rings. The van der Waals surface area contributed by atoms with E-state index in [1.165, 1.54) is 18.4 Å². The Morgan fingerprint density at radius 3 is 2.87 bits per heavy atom. The number of aryl methyl sites for hydroxylation is 1. The fraction of sp³-hybridized carbons (Fsp3) is 0.538. The number of aliphatic hydroxyl groups excluding tert-OH is 2. The highest BCUT2D eigenvalue weighted by atomic mass is 16.3. The summed E-state index contributed by atoms with van der Waals surface area (Å²) in [6.45, 7) is 0.0280. The summed E-state index contributed by atoms with van der Waals surface area (Å²) in [4.78, 5) is 0. The third-order valence-corrected chi connectivity index (χ3v) is 3.21. The van der Waals surface area contributed by atoms with Crippen molar-refractivity contribution in [2.75, 3.05) is 0 Å². The Labute approximate surface area is 90.6 Å². The lowest BCUT2D eigenvalue weighted by Gasteiger charge is -2.21. The molecule has 1 atom stereocenters. The molecule has 0 bridgehead atoms. The molecule has 0 amide bonds. The van der Waals surface area contributed by atoms with Gasteiger partial charge < -0.3 is 10.2 Å². The first kappa shape index (κ1) is 10.7. The summed E-state index contributed by atoms with van der Waals surface area (Å²) < 4.78 is 0. The van der Waals surface area contributed by atoms with Gasteiger partial charge >= 0.3 is 0 Å². The first-order chi connectivity index (χ1) is 7.33. The van der Waals surface area contributed by atoms with Crippen LogP contribution < -0.4 is 0 Å². The molecule has 0 saturated heterocycles. The van der Waals surface area contributed by atoms with Crippen LogP contribution in [-0.4, -0.2) is 10.2 Å². The van der Waals surface area contributed by atoms with Gasteiger partial charge in [0.2, 0.25) is 0 Å². The van der Waals surface area contributed by atoms with Crippen LogP contribution in [0.2, 0.25) is 0 Å². The molecule has 0 aliphatic heterocycles. The van der Waals surface area contributed by atoms with Gasteiger partial charge in [-0.2, -0.15) is 0 Å². The number of hydrogen-bond acceptors (Lipinski definition) is 2. The van der Waals surface area contributed by atoms with Crippen molar-refractivity contribution >= 4 is 0 Å². The molecule has 2 N–H and O–H groups in total. The maximum atomic E-state index is 10.1. The number of fused-ring (bicyclic) bond motifs is 1. The van der Waals surface area contributed by atoms with Gasteiger partial charge in [0.05, 0.1) is 12.7 Å². The topological polar surface area (TPSA) is 40.5 Å². The van der Waals surface area contributed by atoms with Crippen LogP contribution in [0.5, 0.6) is 0 Å². The molecule has 82 valence electrons. The molecule has 1 aliphatic rings. The predicted octanol–water partition coefficient (Wildman–Crippen LogP) is 2.33. The molecule has 2 nitrogen and oxygen atoms in total. The van der Waals surface area contributed by atoms with E-state index in [2.05, 4.69) is 6.07 Å². The number of aliphatic hydroxyl groups is 2. The van der Waals surface area contributed by atoms with Gasteiger partial charge in [0, 0.05) is 0 Å². The normalized spacial score (nSPS) is 21.6. The van der Waals surface area contributed by atoms with Crippen molar-refractivity contribution < 1.29 is 10.2 Å². The molecule has 2 heteroatoms. The van der Waals surface area contributed by atoms with E-state index in [1.807, 2.05) is 12.1 Å². The van der Waals surface area contributed by atoms with Crippen LogP contribution in [0.3, 0.4) is 0 Å². The molecule has 0 heterocycles. The van der Waals surface area contributed by atoms with Gasteiger partial charge in [-0.25, -0.2) is 0 Å². The predicted molar refractivity (Wildman–Crippen MR) is 59.5 cm³/mol. The Balaban J connectivity index is 2.42. The van der Waals surface area contributed by atoms with Crippen LogP contribution in [0, 0.1) is 0 Å².